The Morgan fingerprint density at radius 2 is 2.05 bits per heavy atom. The molecule has 6 heteroatoms. The van der Waals surface area contributed by atoms with Crippen LogP contribution in [0.3, 0.4) is 0 Å². The van der Waals surface area contributed by atoms with Crippen molar-refractivity contribution < 1.29 is 23.9 Å². The van der Waals surface area contributed by atoms with Crippen molar-refractivity contribution in [2.45, 2.75) is 58.2 Å². The molecule has 120 valence electrons. The van der Waals surface area contributed by atoms with E-state index in [-0.39, 0.29) is 29.0 Å². The van der Waals surface area contributed by atoms with Gasteiger partial charge in [-0.1, -0.05) is 0 Å². The molecule has 4 atom stereocenters. The zero-order valence-corrected chi connectivity index (χ0v) is 13.4. The topological polar surface area (TPSA) is 75.6 Å². The molecule has 2 heterocycles. The average molecular weight is 299 g/mol. The van der Waals surface area contributed by atoms with E-state index in [1.807, 2.05) is 20.8 Å². The summed E-state index contributed by atoms with van der Waals surface area (Å²) >= 11 is 0. The molecule has 2 rings (SSSR count). The van der Waals surface area contributed by atoms with Crippen LogP contribution in [0.15, 0.2) is 0 Å². The minimum absolute atomic E-state index is 0.0781. The molecule has 0 radical (unpaired) electrons. The zero-order chi connectivity index (χ0) is 15.8. The predicted octanol–water partition coefficient (Wildman–Crippen LogP) is 1.59. The molecule has 0 spiro atoms. The fourth-order valence-corrected chi connectivity index (χ4v) is 4.36. The van der Waals surface area contributed by atoms with Crippen molar-refractivity contribution in [2.24, 2.45) is 5.92 Å². The number of hydrogen-bond acceptors (Lipinski definition) is 4. The molecule has 1 amide bonds. The molecular weight excluding hydrogens is 272 g/mol. The molecule has 2 N–H and O–H groups in total. The van der Waals surface area contributed by atoms with Crippen molar-refractivity contribution in [3.63, 3.8) is 0 Å². The number of quaternary nitrogens is 1. The minimum Gasteiger partial charge on any atom is -0.462 e. The van der Waals surface area contributed by atoms with Gasteiger partial charge in [0.15, 0.2) is 6.04 Å². The van der Waals surface area contributed by atoms with E-state index in [9.17, 15) is 14.7 Å². The summed E-state index contributed by atoms with van der Waals surface area (Å²) in [4.78, 5) is 24.7. The van der Waals surface area contributed by atoms with Crippen molar-refractivity contribution >= 4 is 12.1 Å². The number of hydrogen-bond donors (Lipinski definition) is 2. The molecule has 1 unspecified atom stereocenters. The van der Waals surface area contributed by atoms with Gasteiger partial charge in [0.25, 0.3) is 0 Å². The van der Waals surface area contributed by atoms with Crippen molar-refractivity contribution in [1.29, 1.82) is 0 Å². The second kappa shape index (κ2) is 5.57. The maximum Gasteiger partial charge on any atom is 0.514 e. The fourth-order valence-electron chi connectivity index (χ4n) is 4.36. The van der Waals surface area contributed by atoms with Crippen LogP contribution in [0, 0.1) is 5.92 Å². The molecule has 2 fully saturated rings. The molecule has 2 saturated heterocycles. The van der Waals surface area contributed by atoms with Gasteiger partial charge in [-0.25, -0.2) is 9.28 Å². The highest BCUT2D eigenvalue weighted by Gasteiger charge is 2.68. The summed E-state index contributed by atoms with van der Waals surface area (Å²) in [6.07, 6.45) is 0.607. The van der Waals surface area contributed by atoms with Gasteiger partial charge in [-0.05, 0) is 40.7 Å². The van der Waals surface area contributed by atoms with E-state index in [2.05, 4.69) is 5.32 Å². The number of rotatable bonds is 2. The number of fused-ring (bicyclic) bond motifs is 1. The summed E-state index contributed by atoms with van der Waals surface area (Å²) < 4.78 is 4.98. The Labute approximate surface area is 126 Å². The van der Waals surface area contributed by atoms with E-state index >= 15 is 0 Å². The van der Waals surface area contributed by atoms with Crippen LogP contribution < -0.4 is 5.32 Å². The Kier molecular flexibility index (Phi) is 4.31. The Hall–Kier alpha value is -1.14. The molecule has 6 nitrogen and oxygen atoms in total. The van der Waals surface area contributed by atoms with Crippen LogP contribution >= 0.6 is 0 Å². The average Bonchev–Trinajstić information content (AvgIpc) is 2.74. The van der Waals surface area contributed by atoms with Gasteiger partial charge in [0.1, 0.15) is 11.6 Å². The summed E-state index contributed by atoms with van der Waals surface area (Å²) in [5.41, 5.74) is -0.568. The highest BCUT2D eigenvalue weighted by atomic mass is 16.5. The third-order valence-corrected chi connectivity index (χ3v) is 5.12. The number of carboxylic acid groups (broad SMARTS) is 1. The normalized spacial score (nSPS) is 36.1. The van der Waals surface area contributed by atoms with E-state index in [4.69, 9.17) is 4.74 Å². The summed E-state index contributed by atoms with van der Waals surface area (Å²) in [5, 5.41) is 13.4. The largest absolute Gasteiger partial charge is 0.514 e. The van der Waals surface area contributed by atoms with Gasteiger partial charge in [0.2, 0.25) is 0 Å². The van der Waals surface area contributed by atoms with Crippen LogP contribution in [0.2, 0.25) is 0 Å². The smallest absolute Gasteiger partial charge is 0.462 e. The van der Waals surface area contributed by atoms with E-state index < -0.39 is 17.7 Å². The van der Waals surface area contributed by atoms with Crippen LogP contribution in [0.4, 0.5) is 4.79 Å². The van der Waals surface area contributed by atoms with Gasteiger partial charge in [-0.3, -0.25) is 0 Å². The van der Waals surface area contributed by atoms with Crippen LogP contribution in [0.25, 0.3) is 0 Å². The Balaban J connectivity index is 2.51. The number of ether oxygens (including phenoxy) is 1. The number of amides is 1. The van der Waals surface area contributed by atoms with Crippen molar-refractivity contribution in [1.82, 2.24) is 5.32 Å². The standard InChI is InChI=1S/C15H26N2O4/c1-5-21-13(18)11-8-10-6-7-16-9-12(10)17(11,14(19)20)15(2,3)4/h10-12,16H,5-9H2,1-4H3/p+1/t10-,11-,12-,17?/m0/s1. The molecule has 0 bridgehead atoms. The van der Waals surface area contributed by atoms with E-state index in [0.29, 0.717) is 13.0 Å². The summed E-state index contributed by atoms with van der Waals surface area (Å²) in [6, 6.07) is -0.692. The quantitative estimate of drug-likeness (QED) is 0.598. The highest BCUT2D eigenvalue weighted by molar-refractivity contribution is 5.78. The van der Waals surface area contributed by atoms with Crippen LogP contribution in [-0.2, 0) is 9.53 Å². The van der Waals surface area contributed by atoms with Gasteiger partial charge in [0.05, 0.1) is 6.61 Å². The zero-order valence-electron chi connectivity index (χ0n) is 13.4. The first-order valence-corrected chi connectivity index (χ1v) is 7.76. The first kappa shape index (κ1) is 16.2. The van der Waals surface area contributed by atoms with Crippen molar-refractivity contribution in [3.05, 3.63) is 0 Å². The second-order valence-corrected chi connectivity index (χ2v) is 7.05. The Bertz CT molecular complexity index is 432. The van der Waals surface area contributed by atoms with Crippen LogP contribution in [-0.4, -0.2) is 59.0 Å². The summed E-state index contributed by atoms with van der Waals surface area (Å²) in [6.45, 7) is 9.30. The maximum absolute atomic E-state index is 12.4. The lowest BCUT2D eigenvalue weighted by atomic mass is 9.90. The lowest BCUT2D eigenvalue weighted by molar-refractivity contribution is -0.929. The van der Waals surface area contributed by atoms with E-state index in [0.717, 1.165) is 13.0 Å². The number of esters is 1. The van der Waals surface area contributed by atoms with Gasteiger partial charge >= 0.3 is 12.1 Å². The first-order chi connectivity index (χ1) is 9.76. The second-order valence-electron chi connectivity index (χ2n) is 7.05. The number of nitrogens with zero attached hydrogens (tertiary/aromatic N) is 1. The van der Waals surface area contributed by atoms with Crippen LogP contribution in [0.1, 0.15) is 40.5 Å². The van der Waals surface area contributed by atoms with Crippen molar-refractivity contribution in [3.8, 4) is 0 Å². The Morgan fingerprint density at radius 1 is 1.38 bits per heavy atom. The van der Waals surface area contributed by atoms with E-state index in [1.165, 1.54) is 0 Å². The van der Waals surface area contributed by atoms with Crippen molar-refractivity contribution in [2.75, 3.05) is 19.7 Å². The lowest BCUT2D eigenvalue weighted by Crippen LogP contribution is -2.73. The Morgan fingerprint density at radius 3 is 2.57 bits per heavy atom. The molecule has 0 aromatic carbocycles. The summed E-state index contributed by atoms with van der Waals surface area (Å²) in [5.74, 6) is -0.111. The number of nitrogens with one attached hydrogen (secondary N) is 1. The number of carbonyl (C=O) groups is 2. The number of likely N-dealkylation sites (tertiary alicyclic amines) is 1. The monoisotopic (exact) mass is 299 g/mol. The van der Waals surface area contributed by atoms with E-state index in [1.54, 1.807) is 6.92 Å². The molecule has 0 aromatic heterocycles. The molecule has 2 aliphatic heterocycles. The van der Waals surface area contributed by atoms with Gasteiger partial charge < -0.3 is 15.2 Å². The SMILES string of the molecule is CCOC(=O)[C@@H]1C[C@@H]2CCNC[C@@H]2[N+]1(C(=O)O)C(C)(C)C. The number of piperidine rings is 1. The summed E-state index contributed by atoms with van der Waals surface area (Å²) in [7, 11) is 0. The predicted molar refractivity (Wildman–Crippen MR) is 77.8 cm³/mol. The molecule has 0 saturated carbocycles. The van der Waals surface area contributed by atoms with Gasteiger partial charge in [0, 0.05) is 18.9 Å². The highest BCUT2D eigenvalue weighted by Crippen LogP contribution is 2.47. The third kappa shape index (κ3) is 2.34. The van der Waals surface area contributed by atoms with Gasteiger partial charge in [-0.15, -0.1) is 0 Å². The molecule has 2 aliphatic rings. The lowest BCUT2D eigenvalue weighted by Gasteiger charge is -2.49. The molecular formula is C15H27N2O4+. The third-order valence-electron chi connectivity index (χ3n) is 5.12. The minimum atomic E-state index is -0.920. The van der Waals surface area contributed by atoms with Crippen LogP contribution in [0.5, 0.6) is 0 Å². The van der Waals surface area contributed by atoms with Gasteiger partial charge in [-0.2, -0.15) is 4.79 Å². The maximum atomic E-state index is 12.4. The molecule has 0 aromatic rings. The molecule has 0 aliphatic carbocycles. The fraction of sp³-hybridized carbons (Fsp3) is 0.867. The first-order valence-electron chi connectivity index (χ1n) is 7.76. The molecule has 21 heavy (non-hydrogen) atoms. The number of carbonyl (C=O) groups excluding carboxylic acids is 1.